The van der Waals surface area contributed by atoms with Gasteiger partial charge in [0.05, 0.1) is 23.3 Å². The summed E-state index contributed by atoms with van der Waals surface area (Å²) in [6.07, 6.45) is 0. The molecule has 1 heterocycles. The van der Waals surface area contributed by atoms with Crippen molar-refractivity contribution in [1.29, 1.82) is 0 Å². The quantitative estimate of drug-likeness (QED) is 0.333. The third kappa shape index (κ3) is 3.17. The lowest BCUT2D eigenvalue weighted by Gasteiger charge is -2.26. The van der Waals surface area contributed by atoms with Crippen LogP contribution in [0.4, 0.5) is 4.39 Å². The van der Waals surface area contributed by atoms with Gasteiger partial charge in [0, 0.05) is 12.3 Å². The largest absolute Gasteiger partial charge is 0.466 e. The Balaban J connectivity index is 2.72. The number of hydrogen-bond acceptors (Lipinski definition) is 5. The molecule has 1 aliphatic rings. The molecule has 0 aliphatic carbocycles. The van der Waals surface area contributed by atoms with Crippen LogP contribution in [0.2, 0.25) is 5.02 Å². The smallest absolute Gasteiger partial charge is 0.337 e. The molecule has 0 bridgehead atoms. The van der Waals surface area contributed by atoms with E-state index in [0.29, 0.717) is 0 Å². The van der Waals surface area contributed by atoms with Crippen LogP contribution in [0.1, 0.15) is 12.5 Å². The Hall–Kier alpha value is -1.89. The Morgan fingerprint density at radius 3 is 2.58 bits per heavy atom. The van der Waals surface area contributed by atoms with Crippen LogP contribution in [0.5, 0.6) is 0 Å². The molecular formula is C15H11Cl3FN3O2. The van der Waals surface area contributed by atoms with Gasteiger partial charge in [0.1, 0.15) is 16.1 Å². The minimum Gasteiger partial charge on any atom is -0.466 e. The van der Waals surface area contributed by atoms with Gasteiger partial charge in [-0.05, 0) is 19.1 Å². The van der Waals surface area contributed by atoms with Gasteiger partial charge in [-0.1, -0.05) is 40.9 Å². The van der Waals surface area contributed by atoms with E-state index in [1.54, 1.807) is 0 Å². The fourth-order valence-corrected chi connectivity index (χ4v) is 2.93. The predicted octanol–water partition coefficient (Wildman–Crippen LogP) is 4.36. The van der Waals surface area contributed by atoms with Crippen molar-refractivity contribution in [3.63, 3.8) is 0 Å². The lowest BCUT2D eigenvalue weighted by Crippen LogP contribution is -2.23. The molecule has 1 aromatic rings. The first-order valence-electron chi connectivity index (χ1n) is 6.48. The second-order valence-electron chi connectivity index (χ2n) is 4.56. The normalized spacial score (nSPS) is 16.8. The molecule has 0 saturated heterocycles. The number of aliphatic imine (C=N–C) groups is 1. The number of benzene rings is 1. The van der Waals surface area contributed by atoms with Gasteiger partial charge in [-0.2, -0.15) is 5.10 Å². The summed E-state index contributed by atoms with van der Waals surface area (Å²) >= 11 is 18.5. The summed E-state index contributed by atoms with van der Waals surface area (Å²) in [6, 6.07) is 4.14. The van der Waals surface area contributed by atoms with E-state index in [1.807, 2.05) is 0 Å². The fraction of sp³-hybridized carbons (Fsp3) is 0.133. The summed E-state index contributed by atoms with van der Waals surface area (Å²) in [5, 5.41) is 4.61. The topological polar surface area (TPSA) is 54.3 Å². The molecule has 0 spiro atoms. The average molecular weight is 391 g/mol. The molecule has 24 heavy (non-hydrogen) atoms. The van der Waals surface area contributed by atoms with E-state index < -0.39 is 11.8 Å². The number of nitrogens with zero attached hydrogens (tertiary/aromatic N) is 3. The maximum atomic E-state index is 14.2. The molecule has 2 rings (SSSR count). The summed E-state index contributed by atoms with van der Waals surface area (Å²) in [6.45, 7) is 4.84. The Morgan fingerprint density at radius 2 is 2.04 bits per heavy atom. The molecule has 1 aliphatic heterocycles. The first kappa shape index (κ1) is 18.4. The molecule has 0 radical (unpaired) electrons. The highest BCUT2D eigenvalue weighted by molar-refractivity contribution is 6.77. The summed E-state index contributed by atoms with van der Waals surface area (Å²) in [5.41, 5.74) is 0.108. The van der Waals surface area contributed by atoms with Crippen LogP contribution in [0.3, 0.4) is 0 Å². The van der Waals surface area contributed by atoms with E-state index in [-0.39, 0.29) is 37.9 Å². The Labute approximate surface area is 152 Å². The van der Waals surface area contributed by atoms with Crippen LogP contribution in [0.25, 0.3) is 5.57 Å². The first-order valence-corrected chi connectivity index (χ1v) is 7.61. The van der Waals surface area contributed by atoms with Crippen LogP contribution in [0, 0.1) is 5.82 Å². The molecule has 0 aromatic heterocycles. The lowest BCUT2D eigenvalue weighted by molar-refractivity contribution is -0.136. The Bertz CT molecular complexity index is 798. The van der Waals surface area contributed by atoms with E-state index in [1.165, 1.54) is 32.2 Å². The number of carbonyl (C=O) groups excluding carboxylic acids is 1. The Morgan fingerprint density at radius 1 is 1.38 bits per heavy atom. The minimum absolute atomic E-state index is 0.0167. The van der Waals surface area contributed by atoms with Crippen molar-refractivity contribution in [3.05, 3.63) is 51.2 Å². The molecule has 9 heteroatoms. The standard InChI is InChI=1S/C15H11Cl3FN3O2/c1-7(15(23)24-3)14-21-12(17)11(13(18)22(14)20-2)10-8(16)5-4-6-9(10)19/h4-6H,2H2,1,3H3/b14-7+. The number of methoxy groups -OCH3 is 1. The third-order valence-corrected chi connectivity index (χ3v) is 4.12. The number of hydrazone groups is 1. The van der Waals surface area contributed by atoms with Gasteiger partial charge < -0.3 is 4.74 Å². The van der Waals surface area contributed by atoms with Gasteiger partial charge in [0.2, 0.25) is 0 Å². The van der Waals surface area contributed by atoms with Crippen LogP contribution in [0.15, 0.2) is 44.8 Å². The van der Waals surface area contributed by atoms with Gasteiger partial charge in [-0.25, -0.2) is 19.2 Å². The number of allylic oxidation sites excluding steroid dienone is 1. The van der Waals surface area contributed by atoms with Gasteiger partial charge in [-0.3, -0.25) is 0 Å². The zero-order valence-electron chi connectivity index (χ0n) is 12.6. The van der Waals surface area contributed by atoms with Crippen LogP contribution >= 0.6 is 34.8 Å². The van der Waals surface area contributed by atoms with Crippen molar-refractivity contribution < 1.29 is 13.9 Å². The highest BCUT2D eigenvalue weighted by atomic mass is 35.5. The van der Waals surface area contributed by atoms with Crippen LogP contribution in [-0.2, 0) is 9.53 Å². The van der Waals surface area contributed by atoms with Crippen LogP contribution in [-0.4, -0.2) is 30.0 Å². The predicted molar refractivity (Wildman–Crippen MR) is 93.6 cm³/mol. The van der Waals surface area contributed by atoms with Gasteiger partial charge in [-0.15, -0.1) is 0 Å². The first-order chi connectivity index (χ1) is 11.3. The maximum absolute atomic E-state index is 14.2. The average Bonchev–Trinajstić information content (AvgIpc) is 2.55. The van der Waals surface area contributed by atoms with E-state index in [2.05, 4.69) is 21.5 Å². The van der Waals surface area contributed by atoms with Crippen molar-refractivity contribution >= 4 is 58.2 Å². The van der Waals surface area contributed by atoms with Crippen LogP contribution < -0.4 is 0 Å². The van der Waals surface area contributed by atoms with Gasteiger partial charge >= 0.3 is 5.97 Å². The summed E-state index contributed by atoms with van der Waals surface area (Å²) < 4.78 is 18.8. The number of halogens is 4. The molecule has 0 saturated carbocycles. The lowest BCUT2D eigenvalue weighted by atomic mass is 10.1. The molecule has 0 fully saturated rings. The molecule has 5 nitrogen and oxygen atoms in total. The van der Waals surface area contributed by atoms with Crippen molar-refractivity contribution in [3.8, 4) is 0 Å². The molecule has 126 valence electrons. The van der Waals surface area contributed by atoms with E-state index in [9.17, 15) is 9.18 Å². The van der Waals surface area contributed by atoms with Gasteiger partial charge in [0.15, 0.2) is 5.82 Å². The molecule has 1 aromatic carbocycles. The Kier molecular flexibility index (Phi) is 5.64. The second kappa shape index (κ2) is 7.34. The third-order valence-electron chi connectivity index (χ3n) is 3.18. The molecule has 0 amide bonds. The minimum atomic E-state index is -0.649. The zero-order chi connectivity index (χ0) is 18.0. The zero-order valence-corrected chi connectivity index (χ0v) is 14.9. The van der Waals surface area contributed by atoms with E-state index in [0.717, 1.165) is 5.01 Å². The number of ether oxygens (including phenoxy) is 1. The molecular weight excluding hydrogens is 380 g/mol. The maximum Gasteiger partial charge on any atom is 0.337 e. The molecule has 0 unspecified atom stereocenters. The number of hydrogen-bond donors (Lipinski definition) is 0. The molecule has 0 atom stereocenters. The monoisotopic (exact) mass is 389 g/mol. The van der Waals surface area contributed by atoms with Crippen molar-refractivity contribution in [2.45, 2.75) is 6.92 Å². The van der Waals surface area contributed by atoms with Crippen molar-refractivity contribution in [1.82, 2.24) is 5.01 Å². The van der Waals surface area contributed by atoms with Crippen molar-refractivity contribution in [2.24, 2.45) is 10.1 Å². The molecule has 0 N–H and O–H groups in total. The SMILES string of the molecule is C=NN1C(Cl)=C(c2c(F)cccc2Cl)C(Cl)=N/C1=C(/C)C(=O)OC. The number of rotatable bonds is 3. The van der Waals surface area contributed by atoms with Crippen molar-refractivity contribution in [2.75, 3.05) is 7.11 Å². The van der Waals surface area contributed by atoms with E-state index >= 15 is 0 Å². The summed E-state index contributed by atoms with van der Waals surface area (Å²) in [5.74, 6) is -1.27. The fourth-order valence-electron chi connectivity index (χ4n) is 2.04. The number of carbonyl (C=O) groups is 1. The highest BCUT2D eigenvalue weighted by Crippen LogP contribution is 2.39. The summed E-state index contributed by atoms with van der Waals surface area (Å²) in [7, 11) is 1.22. The van der Waals surface area contributed by atoms with E-state index in [4.69, 9.17) is 34.8 Å². The summed E-state index contributed by atoms with van der Waals surface area (Å²) in [4.78, 5) is 15.8. The highest BCUT2D eigenvalue weighted by Gasteiger charge is 2.31. The van der Waals surface area contributed by atoms with Gasteiger partial charge in [0.25, 0.3) is 0 Å². The number of esters is 1. The second-order valence-corrected chi connectivity index (χ2v) is 5.68.